The highest BCUT2D eigenvalue weighted by molar-refractivity contribution is 5.38. The van der Waals surface area contributed by atoms with Crippen LogP contribution in [0.1, 0.15) is 33.9 Å². The molecule has 0 aliphatic rings. The molecule has 2 aromatic rings. The molecule has 0 aliphatic carbocycles. The van der Waals surface area contributed by atoms with Gasteiger partial charge in [0.25, 0.3) is 0 Å². The Kier molecular flexibility index (Phi) is 5.03. The zero-order valence-electron chi connectivity index (χ0n) is 13.7. The molecule has 0 saturated carbocycles. The van der Waals surface area contributed by atoms with E-state index >= 15 is 0 Å². The van der Waals surface area contributed by atoms with Crippen LogP contribution in [0.25, 0.3) is 0 Å². The average molecular weight is 283 g/mol. The van der Waals surface area contributed by atoms with Crippen molar-refractivity contribution in [2.45, 2.75) is 33.2 Å². The average Bonchev–Trinajstić information content (AvgIpc) is 2.48. The molecule has 0 radical (unpaired) electrons. The molecule has 2 heteroatoms. The van der Waals surface area contributed by atoms with Crippen LogP contribution in [0, 0.1) is 20.8 Å². The summed E-state index contributed by atoms with van der Waals surface area (Å²) in [5, 5.41) is 3.42. The monoisotopic (exact) mass is 283 g/mol. The zero-order valence-corrected chi connectivity index (χ0v) is 13.7. The highest BCUT2D eigenvalue weighted by Gasteiger charge is 2.12. The van der Waals surface area contributed by atoms with Crippen LogP contribution in [0.5, 0.6) is 5.75 Å². The van der Waals surface area contributed by atoms with Crippen LogP contribution in [0.3, 0.4) is 0 Å². The standard InChI is InChI=1S/C19H25NO/c1-13-6-7-16(10-14(13)2)12-18(20-4)17-8-9-19(21-5)15(3)11-17/h6-11,18,20H,12H2,1-5H3. The van der Waals surface area contributed by atoms with E-state index in [0.29, 0.717) is 6.04 Å². The maximum absolute atomic E-state index is 5.34. The molecule has 0 saturated heterocycles. The molecule has 21 heavy (non-hydrogen) atoms. The van der Waals surface area contributed by atoms with E-state index in [1.807, 2.05) is 7.05 Å². The maximum atomic E-state index is 5.34. The second-order valence-corrected chi connectivity index (χ2v) is 5.69. The van der Waals surface area contributed by atoms with Gasteiger partial charge in [0.05, 0.1) is 7.11 Å². The first-order chi connectivity index (χ1) is 10.0. The van der Waals surface area contributed by atoms with E-state index in [-0.39, 0.29) is 0 Å². The van der Waals surface area contributed by atoms with Crippen molar-refractivity contribution < 1.29 is 4.74 Å². The molecule has 0 bridgehead atoms. The third kappa shape index (κ3) is 3.64. The number of likely N-dealkylation sites (N-methyl/N-ethyl adjacent to an activating group) is 1. The summed E-state index contributed by atoms with van der Waals surface area (Å²) in [6.45, 7) is 6.41. The number of methoxy groups -OCH3 is 1. The lowest BCUT2D eigenvalue weighted by atomic mass is 9.95. The van der Waals surface area contributed by atoms with Gasteiger partial charge in [-0.3, -0.25) is 0 Å². The van der Waals surface area contributed by atoms with Gasteiger partial charge in [0.2, 0.25) is 0 Å². The van der Waals surface area contributed by atoms with E-state index in [2.05, 4.69) is 62.5 Å². The van der Waals surface area contributed by atoms with E-state index < -0.39 is 0 Å². The minimum atomic E-state index is 0.316. The van der Waals surface area contributed by atoms with Crippen molar-refractivity contribution >= 4 is 0 Å². The Morgan fingerprint density at radius 2 is 1.71 bits per heavy atom. The van der Waals surface area contributed by atoms with Crippen molar-refractivity contribution in [3.8, 4) is 5.75 Å². The van der Waals surface area contributed by atoms with Crippen LogP contribution in [-0.4, -0.2) is 14.2 Å². The van der Waals surface area contributed by atoms with Crippen molar-refractivity contribution in [3.63, 3.8) is 0 Å². The van der Waals surface area contributed by atoms with E-state index in [1.165, 1.54) is 27.8 Å². The molecule has 0 heterocycles. The van der Waals surface area contributed by atoms with Gasteiger partial charge in [0, 0.05) is 6.04 Å². The Morgan fingerprint density at radius 3 is 2.29 bits per heavy atom. The number of aryl methyl sites for hydroxylation is 3. The first kappa shape index (κ1) is 15.6. The van der Waals surface area contributed by atoms with Gasteiger partial charge < -0.3 is 10.1 Å². The van der Waals surface area contributed by atoms with Crippen molar-refractivity contribution in [1.82, 2.24) is 5.32 Å². The van der Waals surface area contributed by atoms with E-state index in [9.17, 15) is 0 Å². The summed E-state index contributed by atoms with van der Waals surface area (Å²) in [6.07, 6.45) is 0.989. The summed E-state index contributed by atoms with van der Waals surface area (Å²) < 4.78 is 5.34. The third-order valence-corrected chi connectivity index (χ3v) is 4.18. The van der Waals surface area contributed by atoms with Gasteiger partial charge >= 0.3 is 0 Å². The van der Waals surface area contributed by atoms with Gasteiger partial charge in [-0.15, -0.1) is 0 Å². The number of nitrogens with one attached hydrogen (secondary N) is 1. The van der Waals surface area contributed by atoms with Crippen molar-refractivity contribution in [2.75, 3.05) is 14.2 Å². The fourth-order valence-electron chi connectivity index (χ4n) is 2.67. The summed E-state index contributed by atoms with van der Waals surface area (Å²) in [4.78, 5) is 0. The minimum Gasteiger partial charge on any atom is -0.496 e. The predicted octanol–water partition coefficient (Wildman–Crippen LogP) is 4.12. The lowest BCUT2D eigenvalue weighted by molar-refractivity contribution is 0.411. The molecular formula is C19H25NO. The fraction of sp³-hybridized carbons (Fsp3) is 0.368. The zero-order chi connectivity index (χ0) is 15.4. The summed E-state index contributed by atoms with van der Waals surface area (Å²) >= 11 is 0. The lowest BCUT2D eigenvalue weighted by Gasteiger charge is -2.19. The Morgan fingerprint density at radius 1 is 0.952 bits per heavy atom. The van der Waals surface area contributed by atoms with Crippen molar-refractivity contribution in [2.24, 2.45) is 0 Å². The van der Waals surface area contributed by atoms with Gasteiger partial charge in [0.15, 0.2) is 0 Å². The minimum absolute atomic E-state index is 0.316. The first-order valence-electron chi connectivity index (χ1n) is 7.43. The second kappa shape index (κ2) is 6.77. The molecule has 0 spiro atoms. The van der Waals surface area contributed by atoms with Crippen LogP contribution in [0.2, 0.25) is 0 Å². The molecule has 1 atom stereocenters. The molecule has 1 unspecified atom stereocenters. The highest BCUT2D eigenvalue weighted by atomic mass is 16.5. The summed E-state index contributed by atoms with van der Waals surface area (Å²) in [5.74, 6) is 0.944. The largest absolute Gasteiger partial charge is 0.496 e. The number of rotatable bonds is 5. The SMILES string of the molecule is CNC(Cc1ccc(C)c(C)c1)c1ccc(OC)c(C)c1. The molecule has 0 fully saturated rings. The Labute approximate surface area is 128 Å². The third-order valence-electron chi connectivity index (χ3n) is 4.18. The van der Waals surface area contributed by atoms with Gasteiger partial charge in [-0.1, -0.05) is 30.3 Å². The predicted molar refractivity (Wildman–Crippen MR) is 89.2 cm³/mol. The number of hydrogen-bond acceptors (Lipinski definition) is 2. The highest BCUT2D eigenvalue weighted by Crippen LogP contribution is 2.25. The second-order valence-electron chi connectivity index (χ2n) is 5.69. The topological polar surface area (TPSA) is 21.3 Å². The molecule has 2 rings (SSSR count). The normalized spacial score (nSPS) is 12.2. The van der Waals surface area contributed by atoms with Crippen LogP contribution in [0.15, 0.2) is 36.4 Å². The Balaban J connectivity index is 2.23. The molecule has 1 N–H and O–H groups in total. The van der Waals surface area contributed by atoms with E-state index in [0.717, 1.165) is 12.2 Å². The molecule has 2 nitrogen and oxygen atoms in total. The maximum Gasteiger partial charge on any atom is 0.121 e. The number of hydrogen-bond donors (Lipinski definition) is 1. The van der Waals surface area contributed by atoms with Crippen LogP contribution in [-0.2, 0) is 6.42 Å². The van der Waals surface area contributed by atoms with E-state index in [1.54, 1.807) is 7.11 Å². The number of benzene rings is 2. The van der Waals surface area contributed by atoms with Crippen LogP contribution in [0.4, 0.5) is 0 Å². The summed E-state index contributed by atoms with van der Waals surface area (Å²) in [5.41, 5.74) is 6.54. The molecular weight excluding hydrogens is 258 g/mol. The first-order valence-corrected chi connectivity index (χ1v) is 7.43. The summed E-state index contributed by atoms with van der Waals surface area (Å²) in [6, 6.07) is 13.4. The van der Waals surface area contributed by atoms with Gasteiger partial charge in [0.1, 0.15) is 5.75 Å². The molecule has 0 aromatic heterocycles. The number of ether oxygens (including phenoxy) is 1. The Bertz CT molecular complexity index is 619. The molecule has 0 aliphatic heterocycles. The molecule has 112 valence electrons. The van der Waals surface area contributed by atoms with Gasteiger partial charge in [-0.25, -0.2) is 0 Å². The van der Waals surface area contributed by atoms with E-state index in [4.69, 9.17) is 4.74 Å². The van der Waals surface area contributed by atoms with Crippen molar-refractivity contribution in [3.05, 3.63) is 64.2 Å². The molecule has 2 aromatic carbocycles. The fourth-order valence-corrected chi connectivity index (χ4v) is 2.67. The molecule has 0 amide bonds. The summed E-state index contributed by atoms with van der Waals surface area (Å²) in [7, 11) is 3.73. The van der Waals surface area contributed by atoms with Gasteiger partial charge in [-0.2, -0.15) is 0 Å². The van der Waals surface area contributed by atoms with Crippen LogP contribution >= 0.6 is 0 Å². The quantitative estimate of drug-likeness (QED) is 0.891. The smallest absolute Gasteiger partial charge is 0.121 e. The lowest BCUT2D eigenvalue weighted by Crippen LogP contribution is -2.19. The van der Waals surface area contributed by atoms with Crippen molar-refractivity contribution in [1.29, 1.82) is 0 Å². The Hall–Kier alpha value is -1.80. The van der Waals surface area contributed by atoms with Gasteiger partial charge in [-0.05, 0) is 68.1 Å². The van der Waals surface area contributed by atoms with Crippen LogP contribution < -0.4 is 10.1 Å².